The van der Waals surface area contributed by atoms with Gasteiger partial charge in [0.25, 0.3) is 0 Å². The van der Waals surface area contributed by atoms with Gasteiger partial charge >= 0.3 is 0 Å². The molecule has 1 aliphatic heterocycles. The quantitative estimate of drug-likeness (QED) is 0.872. The van der Waals surface area contributed by atoms with Crippen molar-refractivity contribution in [3.05, 3.63) is 29.6 Å². The van der Waals surface area contributed by atoms with Gasteiger partial charge in [0.2, 0.25) is 0 Å². The molecule has 3 nitrogen and oxygen atoms in total. The van der Waals surface area contributed by atoms with Gasteiger partial charge in [-0.2, -0.15) is 0 Å². The van der Waals surface area contributed by atoms with E-state index in [1.54, 1.807) is 6.07 Å². The standard InChI is InChI=1S/C13H18FNO2/c1-10(9-16)12-8-11(14)2-3-13(12)15-4-6-17-7-5-15/h2-3,8,10,16H,4-7,9H2,1H3. The van der Waals surface area contributed by atoms with Crippen LogP contribution in [0.4, 0.5) is 10.1 Å². The average Bonchev–Trinajstić information content (AvgIpc) is 2.38. The molecular formula is C13H18FNO2. The van der Waals surface area contributed by atoms with Crippen molar-refractivity contribution >= 4 is 5.69 Å². The first-order valence-electron chi connectivity index (χ1n) is 5.95. The molecule has 0 amide bonds. The second kappa shape index (κ2) is 5.47. The number of hydrogen-bond acceptors (Lipinski definition) is 3. The van der Waals surface area contributed by atoms with Crippen LogP contribution in [-0.2, 0) is 4.74 Å². The molecule has 0 saturated carbocycles. The SMILES string of the molecule is CC(CO)c1cc(F)ccc1N1CCOCC1. The van der Waals surface area contributed by atoms with Crippen LogP contribution in [0.1, 0.15) is 18.4 Å². The maximum absolute atomic E-state index is 13.3. The predicted octanol–water partition coefficient (Wildman–Crippen LogP) is 1.76. The van der Waals surface area contributed by atoms with E-state index >= 15 is 0 Å². The van der Waals surface area contributed by atoms with Crippen LogP contribution < -0.4 is 4.90 Å². The number of anilines is 1. The minimum Gasteiger partial charge on any atom is -0.396 e. The van der Waals surface area contributed by atoms with Gasteiger partial charge in [0.05, 0.1) is 13.2 Å². The van der Waals surface area contributed by atoms with Gasteiger partial charge in [-0.25, -0.2) is 4.39 Å². The molecule has 1 aromatic carbocycles. The van der Waals surface area contributed by atoms with Crippen LogP contribution in [0.25, 0.3) is 0 Å². The molecule has 0 radical (unpaired) electrons. The summed E-state index contributed by atoms with van der Waals surface area (Å²) in [6.45, 7) is 4.96. The number of rotatable bonds is 3. The number of halogens is 1. The fraction of sp³-hybridized carbons (Fsp3) is 0.538. The number of hydrogen-bond donors (Lipinski definition) is 1. The lowest BCUT2D eigenvalue weighted by Crippen LogP contribution is -2.37. The highest BCUT2D eigenvalue weighted by Gasteiger charge is 2.18. The first-order valence-corrected chi connectivity index (χ1v) is 5.95. The minimum absolute atomic E-state index is 0.0286. The summed E-state index contributed by atoms with van der Waals surface area (Å²) in [5, 5.41) is 9.24. The maximum atomic E-state index is 13.3. The van der Waals surface area contributed by atoms with Gasteiger partial charge in [-0.15, -0.1) is 0 Å². The first kappa shape index (κ1) is 12.3. The molecule has 2 rings (SSSR count). The largest absolute Gasteiger partial charge is 0.396 e. The maximum Gasteiger partial charge on any atom is 0.123 e. The average molecular weight is 239 g/mol. The summed E-state index contributed by atoms with van der Waals surface area (Å²) in [6.07, 6.45) is 0. The smallest absolute Gasteiger partial charge is 0.123 e. The van der Waals surface area contributed by atoms with Crippen molar-refractivity contribution in [3.8, 4) is 0 Å². The molecule has 1 heterocycles. The zero-order chi connectivity index (χ0) is 12.3. The van der Waals surface area contributed by atoms with Gasteiger partial charge in [-0.05, 0) is 23.8 Å². The van der Waals surface area contributed by atoms with Crippen LogP contribution in [0.15, 0.2) is 18.2 Å². The van der Waals surface area contributed by atoms with Crippen LogP contribution in [0.3, 0.4) is 0 Å². The van der Waals surface area contributed by atoms with Gasteiger partial charge in [0, 0.05) is 31.3 Å². The second-order valence-corrected chi connectivity index (χ2v) is 4.39. The molecule has 17 heavy (non-hydrogen) atoms. The summed E-state index contributed by atoms with van der Waals surface area (Å²) in [4.78, 5) is 2.18. The number of aliphatic hydroxyl groups excluding tert-OH is 1. The van der Waals surface area contributed by atoms with E-state index in [1.165, 1.54) is 12.1 Å². The summed E-state index contributed by atoms with van der Waals surface area (Å²) in [7, 11) is 0. The van der Waals surface area contributed by atoms with Crippen molar-refractivity contribution in [3.63, 3.8) is 0 Å². The summed E-state index contributed by atoms with van der Waals surface area (Å²) in [6, 6.07) is 4.78. The molecule has 1 aliphatic rings. The van der Waals surface area contributed by atoms with Gasteiger partial charge in [0.15, 0.2) is 0 Å². The van der Waals surface area contributed by atoms with Crippen LogP contribution in [-0.4, -0.2) is 38.0 Å². The molecule has 1 unspecified atom stereocenters. The fourth-order valence-corrected chi connectivity index (χ4v) is 2.11. The van der Waals surface area contributed by atoms with Gasteiger partial charge < -0.3 is 14.7 Å². The molecule has 4 heteroatoms. The Bertz CT molecular complexity index is 378. The van der Waals surface area contributed by atoms with Crippen LogP contribution in [0.5, 0.6) is 0 Å². The monoisotopic (exact) mass is 239 g/mol. The highest BCUT2D eigenvalue weighted by Crippen LogP contribution is 2.28. The highest BCUT2D eigenvalue weighted by molar-refractivity contribution is 5.55. The predicted molar refractivity (Wildman–Crippen MR) is 64.9 cm³/mol. The highest BCUT2D eigenvalue weighted by atomic mass is 19.1. The van der Waals surface area contributed by atoms with E-state index in [-0.39, 0.29) is 18.3 Å². The number of ether oxygens (including phenoxy) is 1. The Labute approximate surface area is 101 Å². The Morgan fingerprint density at radius 1 is 1.41 bits per heavy atom. The topological polar surface area (TPSA) is 32.7 Å². The number of nitrogens with zero attached hydrogens (tertiary/aromatic N) is 1. The van der Waals surface area contributed by atoms with E-state index in [4.69, 9.17) is 4.74 Å². The molecular weight excluding hydrogens is 221 g/mol. The third kappa shape index (κ3) is 2.76. The van der Waals surface area contributed by atoms with E-state index in [0.717, 1.165) is 24.3 Å². The van der Waals surface area contributed by atoms with E-state index in [9.17, 15) is 9.50 Å². The van der Waals surface area contributed by atoms with Crippen molar-refractivity contribution < 1.29 is 14.2 Å². The number of morpholine rings is 1. The Morgan fingerprint density at radius 2 is 2.12 bits per heavy atom. The summed E-state index contributed by atoms with van der Waals surface area (Å²) in [5.41, 5.74) is 1.88. The van der Waals surface area contributed by atoms with Crippen LogP contribution in [0.2, 0.25) is 0 Å². The lowest BCUT2D eigenvalue weighted by Gasteiger charge is -2.31. The molecule has 0 aliphatic carbocycles. The van der Waals surface area contributed by atoms with Crippen molar-refractivity contribution in [1.29, 1.82) is 0 Å². The normalized spacial score (nSPS) is 18.2. The van der Waals surface area contributed by atoms with Crippen molar-refractivity contribution in [2.24, 2.45) is 0 Å². The molecule has 0 spiro atoms. The third-order valence-corrected chi connectivity index (χ3v) is 3.15. The van der Waals surface area contributed by atoms with E-state index < -0.39 is 0 Å². The zero-order valence-electron chi connectivity index (χ0n) is 10.0. The van der Waals surface area contributed by atoms with Crippen molar-refractivity contribution in [1.82, 2.24) is 0 Å². The van der Waals surface area contributed by atoms with Gasteiger partial charge in [-0.1, -0.05) is 6.92 Å². The Balaban J connectivity index is 2.30. The first-order chi connectivity index (χ1) is 8.22. The summed E-state index contributed by atoms with van der Waals surface area (Å²) >= 11 is 0. The van der Waals surface area contributed by atoms with E-state index in [1.807, 2.05) is 6.92 Å². The van der Waals surface area contributed by atoms with Gasteiger partial charge in [0.1, 0.15) is 5.82 Å². The van der Waals surface area contributed by atoms with Crippen LogP contribution in [0, 0.1) is 5.82 Å². The van der Waals surface area contributed by atoms with Crippen molar-refractivity contribution in [2.75, 3.05) is 37.8 Å². The molecule has 0 aromatic heterocycles. The van der Waals surface area contributed by atoms with Crippen LogP contribution >= 0.6 is 0 Å². The molecule has 1 saturated heterocycles. The molecule has 1 fully saturated rings. The third-order valence-electron chi connectivity index (χ3n) is 3.15. The molecule has 0 bridgehead atoms. The Hall–Kier alpha value is -1.13. The molecule has 1 N–H and O–H groups in total. The lowest BCUT2D eigenvalue weighted by atomic mass is 9.99. The lowest BCUT2D eigenvalue weighted by molar-refractivity contribution is 0.122. The fourth-order valence-electron chi connectivity index (χ4n) is 2.11. The number of aliphatic hydroxyl groups is 1. The second-order valence-electron chi connectivity index (χ2n) is 4.39. The molecule has 1 aromatic rings. The summed E-state index contributed by atoms with van der Waals surface area (Å²) in [5.74, 6) is -0.305. The van der Waals surface area contributed by atoms with Crippen molar-refractivity contribution in [2.45, 2.75) is 12.8 Å². The Morgan fingerprint density at radius 3 is 2.76 bits per heavy atom. The van der Waals surface area contributed by atoms with E-state index in [2.05, 4.69) is 4.90 Å². The number of benzene rings is 1. The van der Waals surface area contributed by atoms with E-state index in [0.29, 0.717) is 13.2 Å². The molecule has 94 valence electrons. The minimum atomic E-state index is -0.252. The van der Waals surface area contributed by atoms with Gasteiger partial charge in [-0.3, -0.25) is 0 Å². The zero-order valence-corrected chi connectivity index (χ0v) is 10.0. The Kier molecular flexibility index (Phi) is 3.97. The summed E-state index contributed by atoms with van der Waals surface area (Å²) < 4.78 is 18.6. The molecule has 1 atom stereocenters.